The van der Waals surface area contributed by atoms with E-state index in [-0.39, 0.29) is 21.3 Å². The minimum atomic E-state index is -4.70. The van der Waals surface area contributed by atoms with E-state index in [0.29, 0.717) is 0 Å². The molecule has 0 heterocycles. The van der Waals surface area contributed by atoms with E-state index in [2.05, 4.69) is 4.74 Å². The van der Waals surface area contributed by atoms with Gasteiger partial charge in [0.05, 0.1) is 22.3 Å². The quantitative estimate of drug-likeness (QED) is 0.824. The Morgan fingerprint density at radius 1 is 1.27 bits per heavy atom. The molecule has 2 N–H and O–H groups in total. The van der Waals surface area contributed by atoms with Gasteiger partial charge in [0.25, 0.3) is 0 Å². The van der Waals surface area contributed by atoms with Crippen molar-refractivity contribution in [2.75, 3.05) is 5.73 Å². The fraction of sp³-hybridized carbons (Fsp3) is 0.250. The first-order valence-electron chi connectivity index (χ1n) is 3.74. The van der Waals surface area contributed by atoms with Crippen LogP contribution in [0.25, 0.3) is 0 Å². The van der Waals surface area contributed by atoms with Crippen molar-refractivity contribution in [3.63, 3.8) is 0 Å². The lowest BCUT2D eigenvalue weighted by Gasteiger charge is -2.10. The van der Waals surface area contributed by atoms with Gasteiger partial charge in [0.2, 0.25) is 0 Å². The molecule has 15 heavy (non-hydrogen) atoms. The molecule has 0 atom stereocenters. The van der Waals surface area contributed by atoms with Crippen LogP contribution in [0.1, 0.15) is 5.56 Å². The third kappa shape index (κ3) is 3.44. The molecule has 84 valence electrons. The molecule has 0 aliphatic rings. The van der Waals surface area contributed by atoms with Crippen LogP contribution in [0.3, 0.4) is 0 Å². The summed E-state index contributed by atoms with van der Waals surface area (Å²) in [6.07, 6.45) is -4.70. The summed E-state index contributed by atoms with van der Waals surface area (Å²) in [5.41, 5.74) is 5.58. The van der Waals surface area contributed by atoms with Crippen LogP contribution >= 0.6 is 23.2 Å². The highest BCUT2D eigenvalue weighted by atomic mass is 35.5. The van der Waals surface area contributed by atoms with Gasteiger partial charge in [-0.3, -0.25) is 4.74 Å². The van der Waals surface area contributed by atoms with Crippen molar-refractivity contribution in [3.05, 3.63) is 27.7 Å². The molecule has 0 spiro atoms. The first kappa shape index (κ1) is 12.4. The van der Waals surface area contributed by atoms with Gasteiger partial charge in [0, 0.05) is 5.56 Å². The smallest absolute Gasteiger partial charge is 0.397 e. The van der Waals surface area contributed by atoms with Crippen LogP contribution in [-0.2, 0) is 11.3 Å². The third-order valence-electron chi connectivity index (χ3n) is 1.61. The number of halogens is 5. The van der Waals surface area contributed by atoms with Gasteiger partial charge in [0.1, 0.15) is 0 Å². The summed E-state index contributed by atoms with van der Waals surface area (Å²) in [6, 6.07) is 2.69. The topological polar surface area (TPSA) is 35.2 Å². The van der Waals surface area contributed by atoms with Crippen molar-refractivity contribution >= 4 is 28.9 Å². The van der Waals surface area contributed by atoms with E-state index in [1.807, 2.05) is 0 Å². The number of rotatable bonds is 2. The molecular formula is C8H6Cl2F3NO. The van der Waals surface area contributed by atoms with Gasteiger partial charge in [-0.15, -0.1) is 13.2 Å². The number of nitrogens with two attached hydrogens (primary N) is 1. The summed E-state index contributed by atoms with van der Waals surface area (Å²) in [7, 11) is 0. The Balaban J connectivity index is 2.83. The predicted octanol–water partition coefficient (Wildman–Crippen LogP) is 3.61. The highest BCUT2D eigenvalue weighted by Gasteiger charge is 2.29. The second-order valence-corrected chi connectivity index (χ2v) is 3.45. The highest BCUT2D eigenvalue weighted by Crippen LogP contribution is 2.32. The fourth-order valence-corrected chi connectivity index (χ4v) is 1.24. The summed E-state index contributed by atoms with van der Waals surface area (Å²) in [5, 5.41) is 0.213. The molecule has 1 aromatic carbocycles. The number of benzene rings is 1. The molecule has 0 fully saturated rings. The van der Waals surface area contributed by atoms with Crippen molar-refractivity contribution in [1.82, 2.24) is 0 Å². The fourth-order valence-electron chi connectivity index (χ4n) is 0.892. The van der Waals surface area contributed by atoms with Crippen molar-refractivity contribution in [1.29, 1.82) is 0 Å². The molecule has 0 amide bonds. The van der Waals surface area contributed by atoms with Gasteiger partial charge in [-0.2, -0.15) is 0 Å². The first-order chi connectivity index (χ1) is 6.81. The van der Waals surface area contributed by atoms with Crippen LogP contribution in [-0.4, -0.2) is 6.36 Å². The SMILES string of the molecule is Nc1c(COC(F)(F)F)ccc(Cl)c1Cl. The highest BCUT2D eigenvalue weighted by molar-refractivity contribution is 6.43. The van der Waals surface area contributed by atoms with E-state index in [4.69, 9.17) is 28.9 Å². The molecule has 0 unspecified atom stereocenters. The maximum Gasteiger partial charge on any atom is 0.522 e. The Bertz CT molecular complexity index is 368. The van der Waals surface area contributed by atoms with Crippen LogP contribution in [0.15, 0.2) is 12.1 Å². The van der Waals surface area contributed by atoms with Crippen LogP contribution in [0.4, 0.5) is 18.9 Å². The van der Waals surface area contributed by atoms with Gasteiger partial charge in [-0.05, 0) is 6.07 Å². The average molecular weight is 260 g/mol. The Morgan fingerprint density at radius 3 is 2.40 bits per heavy atom. The summed E-state index contributed by atoms with van der Waals surface area (Å²) in [5.74, 6) is 0. The number of anilines is 1. The molecule has 0 radical (unpaired) electrons. The molecule has 1 aromatic rings. The standard InChI is InChI=1S/C8H6Cl2F3NO/c9-5-2-1-4(7(14)6(5)10)3-15-8(11,12)13/h1-2H,3,14H2. The third-order valence-corrected chi connectivity index (χ3v) is 2.43. The zero-order valence-electron chi connectivity index (χ0n) is 7.24. The molecule has 1 rings (SSSR count). The van der Waals surface area contributed by atoms with Gasteiger partial charge in [-0.25, -0.2) is 0 Å². The maximum absolute atomic E-state index is 11.7. The summed E-state index contributed by atoms with van der Waals surface area (Å²) >= 11 is 11.2. The molecule has 0 aromatic heterocycles. The Kier molecular flexibility index (Phi) is 3.70. The number of alkyl halides is 3. The number of hydrogen-bond donors (Lipinski definition) is 1. The Morgan fingerprint density at radius 2 is 1.87 bits per heavy atom. The van der Waals surface area contributed by atoms with Gasteiger partial charge >= 0.3 is 6.36 Å². The molecule has 0 aliphatic heterocycles. The van der Waals surface area contributed by atoms with Crippen molar-refractivity contribution < 1.29 is 17.9 Å². The van der Waals surface area contributed by atoms with Crippen molar-refractivity contribution in [3.8, 4) is 0 Å². The first-order valence-corrected chi connectivity index (χ1v) is 4.50. The van der Waals surface area contributed by atoms with Crippen LogP contribution < -0.4 is 5.73 Å². The largest absolute Gasteiger partial charge is 0.522 e. The molecule has 0 saturated carbocycles. The van der Waals surface area contributed by atoms with E-state index in [1.54, 1.807) is 0 Å². The monoisotopic (exact) mass is 259 g/mol. The van der Waals surface area contributed by atoms with E-state index in [9.17, 15) is 13.2 Å². The molecule has 0 bridgehead atoms. The molecule has 0 aliphatic carbocycles. The van der Waals surface area contributed by atoms with Gasteiger partial charge in [-0.1, -0.05) is 29.3 Å². The lowest BCUT2D eigenvalue weighted by Crippen LogP contribution is -2.13. The van der Waals surface area contributed by atoms with Crippen LogP contribution in [0.2, 0.25) is 10.0 Å². The number of ether oxygens (including phenoxy) is 1. The van der Waals surface area contributed by atoms with Crippen LogP contribution in [0.5, 0.6) is 0 Å². The summed E-state index contributed by atoms with van der Waals surface area (Å²) < 4.78 is 38.8. The predicted molar refractivity (Wildman–Crippen MR) is 51.7 cm³/mol. The lowest BCUT2D eigenvalue weighted by atomic mass is 10.2. The second kappa shape index (κ2) is 4.47. The van der Waals surface area contributed by atoms with Crippen molar-refractivity contribution in [2.24, 2.45) is 0 Å². The number of nitrogen functional groups attached to an aromatic ring is 1. The van der Waals surface area contributed by atoms with E-state index in [0.717, 1.165) is 0 Å². The zero-order chi connectivity index (χ0) is 11.6. The molecule has 2 nitrogen and oxygen atoms in total. The summed E-state index contributed by atoms with van der Waals surface area (Å²) in [6.45, 7) is -0.688. The van der Waals surface area contributed by atoms with Gasteiger partial charge < -0.3 is 5.73 Å². The van der Waals surface area contributed by atoms with E-state index < -0.39 is 13.0 Å². The van der Waals surface area contributed by atoms with Gasteiger partial charge in [0.15, 0.2) is 0 Å². The van der Waals surface area contributed by atoms with Crippen molar-refractivity contribution in [2.45, 2.75) is 13.0 Å². The normalized spacial score (nSPS) is 11.8. The molecular weight excluding hydrogens is 254 g/mol. The van der Waals surface area contributed by atoms with Crippen LogP contribution in [0, 0.1) is 0 Å². The zero-order valence-corrected chi connectivity index (χ0v) is 8.75. The minimum absolute atomic E-state index is 0.00610. The Labute approximate surface area is 93.7 Å². The lowest BCUT2D eigenvalue weighted by molar-refractivity contribution is -0.330. The summed E-state index contributed by atoms with van der Waals surface area (Å²) in [4.78, 5) is 0. The number of hydrogen-bond acceptors (Lipinski definition) is 2. The molecule has 0 saturated heterocycles. The van der Waals surface area contributed by atoms with E-state index in [1.165, 1.54) is 12.1 Å². The molecule has 7 heteroatoms. The van der Waals surface area contributed by atoms with E-state index >= 15 is 0 Å². The second-order valence-electron chi connectivity index (χ2n) is 2.67. The minimum Gasteiger partial charge on any atom is -0.397 e. The average Bonchev–Trinajstić information content (AvgIpc) is 2.12. The maximum atomic E-state index is 11.7. The Hall–Kier alpha value is -0.650.